The SMILES string of the molecule is CCC(C(C)=O)C1(c2nc3c([nH]2)c(N)nc2cc(-c4ccn[nH]4)ccc23)CC1. The Kier molecular flexibility index (Phi) is 3.56. The van der Waals surface area contributed by atoms with E-state index < -0.39 is 0 Å². The minimum absolute atomic E-state index is 0.0134. The van der Waals surface area contributed by atoms with Crippen LogP contribution >= 0.6 is 0 Å². The van der Waals surface area contributed by atoms with Crippen molar-refractivity contribution >= 4 is 33.5 Å². The van der Waals surface area contributed by atoms with E-state index in [4.69, 9.17) is 10.7 Å². The van der Waals surface area contributed by atoms with Crippen LogP contribution in [0, 0.1) is 5.92 Å². The summed E-state index contributed by atoms with van der Waals surface area (Å²) in [6.07, 6.45) is 4.48. The van der Waals surface area contributed by atoms with Gasteiger partial charge in [0, 0.05) is 28.5 Å². The average Bonchev–Trinajstić information content (AvgIpc) is 3.11. The van der Waals surface area contributed by atoms with Crippen LogP contribution in [0.15, 0.2) is 30.5 Å². The number of nitrogens with zero attached hydrogens (tertiary/aromatic N) is 3. The van der Waals surface area contributed by atoms with Crippen LogP contribution in [0.2, 0.25) is 0 Å². The second kappa shape index (κ2) is 5.89. The Bertz CT molecular complexity index is 1200. The normalized spacial score (nSPS) is 16.5. The van der Waals surface area contributed by atoms with Gasteiger partial charge in [0.1, 0.15) is 28.5 Å². The van der Waals surface area contributed by atoms with Gasteiger partial charge in [-0.1, -0.05) is 13.0 Å². The molecule has 28 heavy (non-hydrogen) atoms. The number of pyridine rings is 1. The number of aromatic nitrogens is 5. The van der Waals surface area contributed by atoms with Gasteiger partial charge in [-0.25, -0.2) is 9.97 Å². The lowest BCUT2D eigenvalue weighted by Crippen LogP contribution is -2.27. The second-order valence-corrected chi connectivity index (χ2v) is 7.74. The summed E-state index contributed by atoms with van der Waals surface area (Å²) in [6, 6.07) is 7.95. The highest BCUT2D eigenvalue weighted by Crippen LogP contribution is 2.54. The summed E-state index contributed by atoms with van der Waals surface area (Å²) in [5.74, 6) is 1.50. The van der Waals surface area contributed by atoms with E-state index in [-0.39, 0.29) is 17.1 Å². The Morgan fingerprint density at radius 1 is 1.29 bits per heavy atom. The predicted molar refractivity (Wildman–Crippen MR) is 109 cm³/mol. The second-order valence-electron chi connectivity index (χ2n) is 7.74. The van der Waals surface area contributed by atoms with Crippen molar-refractivity contribution in [1.29, 1.82) is 0 Å². The number of H-pyrrole nitrogens is 2. The van der Waals surface area contributed by atoms with Crippen LogP contribution in [-0.2, 0) is 10.2 Å². The zero-order valence-corrected chi connectivity index (χ0v) is 15.9. The monoisotopic (exact) mass is 374 g/mol. The van der Waals surface area contributed by atoms with Crippen LogP contribution in [0.3, 0.4) is 0 Å². The van der Waals surface area contributed by atoms with Gasteiger partial charge in [0.25, 0.3) is 0 Å². The van der Waals surface area contributed by atoms with Crippen molar-refractivity contribution < 1.29 is 4.79 Å². The smallest absolute Gasteiger partial charge is 0.150 e. The molecule has 0 radical (unpaired) electrons. The predicted octanol–water partition coefficient (Wildman–Crippen LogP) is 3.73. The third kappa shape index (κ3) is 2.35. The van der Waals surface area contributed by atoms with E-state index in [1.54, 1.807) is 13.1 Å². The molecule has 0 spiro atoms. The number of hydrogen-bond donors (Lipinski definition) is 3. The molecule has 4 aromatic rings. The molecule has 1 fully saturated rings. The molecule has 1 aliphatic rings. The number of anilines is 1. The number of nitrogens with one attached hydrogen (secondary N) is 2. The number of hydrogen-bond acceptors (Lipinski definition) is 5. The van der Waals surface area contributed by atoms with Gasteiger partial charge in [0.2, 0.25) is 0 Å². The summed E-state index contributed by atoms with van der Waals surface area (Å²) in [4.78, 5) is 25.1. The van der Waals surface area contributed by atoms with Crippen LogP contribution in [0.25, 0.3) is 33.2 Å². The molecule has 1 aromatic carbocycles. The van der Waals surface area contributed by atoms with Crippen molar-refractivity contribution in [1.82, 2.24) is 25.1 Å². The number of ketones is 1. The first-order valence-electron chi connectivity index (χ1n) is 9.63. The largest absolute Gasteiger partial charge is 0.382 e. The zero-order valence-electron chi connectivity index (χ0n) is 15.9. The number of benzene rings is 1. The lowest BCUT2D eigenvalue weighted by Gasteiger charge is -2.21. The van der Waals surface area contributed by atoms with Crippen molar-refractivity contribution in [2.45, 2.75) is 38.5 Å². The van der Waals surface area contributed by atoms with E-state index in [2.05, 4.69) is 27.1 Å². The van der Waals surface area contributed by atoms with Gasteiger partial charge in [0.05, 0.1) is 11.2 Å². The molecule has 5 rings (SSSR count). The molecule has 3 heterocycles. The first-order valence-corrected chi connectivity index (χ1v) is 9.63. The fourth-order valence-corrected chi connectivity index (χ4v) is 4.54. The highest BCUT2D eigenvalue weighted by Gasteiger charge is 2.54. The highest BCUT2D eigenvalue weighted by atomic mass is 16.1. The van der Waals surface area contributed by atoms with E-state index in [9.17, 15) is 4.79 Å². The van der Waals surface area contributed by atoms with Crippen LogP contribution in [0.5, 0.6) is 0 Å². The molecule has 0 bridgehead atoms. The molecule has 1 saturated carbocycles. The van der Waals surface area contributed by atoms with Crippen molar-refractivity contribution in [2.75, 3.05) is 5.73 Å². The van der Waals surface area contributed by atoms with Gasteiger partial charge in [0.15, 0.2) is 0 Å². The summed E-state index contributed by atoms with van der Waals surface area (Å²) in [7, 11) is 0. The Balaban J connectivity index is 1.68. The standard InChI is InChI=1S/C21H22N6O/c1-3-14(11(2)28)21(7-8-21)20-25-17-13-5-4-12(15-6-9-23-27-15)10-16(13)24-19(22)18(17)26-20/h4-6,9-10,14H,3,7-8H2,1-2H3,(H2,22,24)(H,23,27)(H,25,26). The van der Waals surface area contributed by atoms with Crippen molar-refractivity contribution in [3.8, 4) is 11.3 Å². The quantitative estimate of drug-likeness (QED) is 0.492. The lowest BCUT2D eigenvalue weighted by atomic mass is 9.83. The number of rotatable bonds is 5. The van der Waals surface area contributed by atoms with Crippen molar-refractivity contribution in [3.05, 3.63) is 36.3 Å². The Hall–Kier alpha value is -3.22. The first kappa shape index (κ1) is 16.9. The van der Waals surface area contributed by atoms with E-state index in [0.29, 0.717) is 5.82 Å². The van der Waals surface area contributed by atoms with E-state index in [1.807, 2.05) is 24.3 Å². The van der Waals surface area contributed by atoms with Gasteiger partial charge >= 0.3 is 0 Å². The van der Waals surface area contributed by atoms with E-state index >= 15 is 0 Å². The minimum atomic E-state index is -0.186. The van der Waals surface area contributed by atoms with Gasteiger partial charge in [-0.2, -0.15) is 5.10 Å². The number of aromatic amines is 2. The number of imidazole rings is 1. The highest BCUT2D eigenvalue weighted by molar-refractivity contribution is 6.07. The van der Waals surface area contributed by atoms with Gasteiger partial charge in [-0.05, 0) is 44.4 Å². The molecule has 7 heteroatoms. The molecule has 0 aliphatic heterocycles. The summed E-state index contributed by atoms with van der Waals surface area (Å²) in [5.41, 5.74) is 10.4. The maximum Gasteiger partial charge on any atom is 0.150 e. The molecule has 7 nitrogen and oxygen atoms in total. The molecule has 3 aromatic heterocycles. The molecule has 0 saturated heterocycles. The number of nitrogen functional groups attached to an aromatic ring is 1. The Labute approximate surface area is 161 Å². The number of fused-ring (bicyclic) bond motifs is 3. The summed E-state index contributed by atoms with van der Waals surface area (Å²) >= 11 is 0. The van der Waals surface area contributed by atoms with E-state index in [0.717, 1.165) is 58.3 Å². The minimum Gasteiger partial charge on any atom is -0.382 e. The first-order chi connectivity index (χ1) is 13.5. The summed E-state index contributed by atoms with van der Waals surface area (Å²) in [6.45, 7) is 3.75. The van der Waals surface area contributed by atoms with Gasteiger partial charge in [-0.15, -0.1) is 0 Å². The third-order valence-electron chi connectivity index (χ3n) is 6.09. The number of nitrogens with two attached hydrogens (primary N) is 1. The summed E-state index contributed by atoms with van der Waals surface area (Å²) in [5, 5.41) is 7.92. The fourth-order valence-electron chi connectivity index (χ4n) is 4.54. The van der Waals surface area contributed by atoms with Crippen LogP contribution < -0.4 is 5.73 Å². The molecular formula is C21H22N6O. The summed E-state index contributed by atoms with van der Waals surface area (Å²) < 4.78 is 0. The number of carbonyl (C=O) groups excluding carboxylic acids is 1. The van der Waals surface area contributed by atoms with Gasteiger partial charge in [-0.3, -0.25) is 9.89 Å². The molecular weight excluding hydrogens is 352 g/mol. The van der Waals surface area contributed by atoms with Crippen LogP contribution in [0.4, 0.5) is 5.82 Å². The Morgan fingerprint density at radius 3 is 2.75 bits per heavy atom. The molecule has 1 unspecified atom stereocenters. The maximum absolute atomic E-state index is 12.2. The fraction of sp³-hybridized carbons (Fsp3) is 0.333. The average molecular weight is 374 g/mol. The Morgan fingerprint density at radius 2 is 2.11 bits per heavy atom. The van der Waals surface area contributed by atoms with Crippen LogP contribution in [-0.4, -0.2) is 30.9 Å². The molecule has 1 atom stereocenters. The molecule has 4 N–H and O–H groups in total. The number of carbonyl (C=O) groups is 1. The van der Waals surface area contributed by atoms with Crippen molar-refractivity contribution in [2.24, 2.45) is 5.92 Å². The van der Waals surface area contributed by atoms with Gasteiger partial charge < -0.3 is 10.7 Å². The topological polar surface area (TPSA) is 113 Å². The maximum atomic E-state index is 12.2. The molecule has 142 valence electrons. The lowest BCUT2D eigenvalue weighted by molar-refractivity contribution is -0.121. The molecule has 1 aliphatic carbocycles. The van der Waals surface area contributed by atoms with Crippen molar-refractivity contribution in [3.63, 3.8) is 0 Å². The van der Waals surface area contributed by atoms with Crippen LogP contribution in [0.1, 0.15) is 38.9 Å². The third-order valence-corrected chi connectivity index (χ3v) is 6.09. The van der Waals surface area contributed by atoms with E-state index in [1.165, 1.54) is 0 Å². The number of Topliss-reactive ketones (excluding diaryl/α,β-unsaturated/α-hetero) is 1. The zero-order chi connectivity index (χ0) is 19.5. The molecule has 0 amide bonds.